The predicted octanol–water partition coefficient (Wildman–Crippen LogP) is 3.64. The number of aryl methyl sites for hydroxylation is 1. The summed E-state index contributed by atoms with van der Waals surface area (Å²) in [6, 6.07) is 0.512. The third-order valence-electron chi connectivity index (χ3n) is 5.39. The largest absolute Gasteiger partial charge is 0.378 e. The molecule has 4 rings (SSSR count). The highest BCUT2D eigenvalue weighted by atomic mass is 35.5. The number of hydrogen-bond acceptors (Lipinski definition) is 6. The summed E-state index contributed by atoms with van der Waals surface area (Å²) in [6.45, 7) is 7.17. The first-order valence-electron chi connectivity index (χ1n) is 9.48. The lowest BCUT2D eigenvalue weighted by Gasteiger charge is -2.48. The molecule has 26 heavy (non-hydrogen) atoms. The Kier molecular flexibility index (Phi) is 4.84. The number of hydrogen-bond donors (Lipinski definition) is 0. The molecule has 7 nitrogen and oxygen atoms in total. The SMILES string of the molecule is CCCCOC1CC(N2c3nc(Cl)ncc3-n3c(C)nnc3[C@H]2CC)C1. The van der Waals surface area contributed by atoms with Gasteiger partial charge in [0.25, 0.3) is 0 Å². The standard InChI is InChI=1S/C18H25ClN6O/c1-4-6-7-26-13-8-12(9-13)25-14(5-2)17-23-22-11(3)24(17)15-10-20-18(19)21-16(15)25/h10,12-14H,4-9H2,1-3H3/t12?,13?,14-/m1/s1. The monoisotopic (exact) mass is 376 g/mol. The van der Waals surface area contributed by atoms with Crippen LogP contribution in [0.3, 0.4) is 0 Å². The van der Waals surface area contributed by atoms with Crippen LogP contribution >= 0.6 is 11.6 Å². The van der Waals surface area contributed by atoms with E-state index in [9.17, 15) is 0 Å². The molecule has 2 aromatic heterocycles. The lowest BCUT2D eigenvalue weighted by atomic mass is 9.85. The van der Waals surface area contributed by atoms with Gasteiger partial charge in [0.05, 0.1) is 18.3 Å². The van der Waals surface area contributed by atoms with Crippen molar-refractivity contribution in [3.8, 4) is 5.69 Å². The first-order chi connectivity index (χ1) is 12.6. The first kappa shape index (κ1) is 17.7. The molecule has 0 spiro atoms. The molecule has 2 aromatic rings. The molecule has 0 aromatic carbocycles. The minimum atomic E-state index is 0.135. The van der Waals surface area contributed by atoms with Crippen molar-refractivity contribution in [1.82, 2.24) is 24.7 Å². The van der Waals surface area contributed by atoms with Gasteiger partial charge in [-0.05, 0) is 44.2 Å². The number of rotatable bonds is 6. The van der Waals surface area contributed by atoms with Crippen molar-refractivity contribution in [3.05, 3.63) is 23.1 Å². The quantitative estimate of drug-likeness (QED) is 0.566. The number of nitrogens with zero attached hydrogens (tertiary/aromatic N) is 6. The maximum Gasteiger partial charge on any atom is 0.224 e. The smallest absolute Gasteiger partial charge is 0.224 e. The second-order valence-electron chi connectivity index (χ2n) is 7.09. The summed E-state index contributed by atoms with van der Waals surface area (Å²) < 4.78 is 8.03. The molecule has 0 unspecified atom stereocenters. The highest BCUT2D eigenvalue weighted by Crippen LogP contribution is 2.44. The van der Waals surface area contributed by atoms with Gasteiger partial charge in [-0.2, -0.15) is 4.98 Å². The van der Waals surface area contributed by atoms with Crippen LogP contribution in [0.4, 0.5) is 5.82 Å². The number of aromatic nitrogens is 5. The van der Waals surface area contributed by atoms with E-state index in [4.69, 9.17) is 16.3 Å². The van der Waals surface area contributed by atoms with Gasteiger partial charge in [-0.3, -0.25) is 4.57 Å². The maximum absolute atomic E-state index is 6.14. The zero-order valence-corrected chi connectivity index (χ0v) is 16.3. The van der Waals surface area contributed by atoms with Crippen LogP contribution in [0.2, 0.25) is 5.28 Å². The molecule has 1 aliphatic heterocycles. The van der Waals surface area contributed by atoms with Crippen molar-refractivity contribution in [2.75, 3.05) is 11.5 Å². The Bertz CT molecular complexity index is 788. The fraction of sp³-hybridized carbons (Fsp3) is 0.667. The van der Waals surface area contributed by atoms with Gasteiger partial charge in [0, 0.05) is 12.6 Å². The summed E-state index contributed by atoms with van der Waals surface area (Å²) >= 11 is 6.14. The van der Waals surface area contributed by atoms with E-state index in [0.717, 1.165) is 61.9 Å². The van der Waals surface area contributed by atoms with E-state index in [-0.39, 0.29) is 11.3 Å². The van der Waals surface area contributed by atoms with Crippen molar-refractivity contribution >= 4 is 17.4 Å². The molecule has 0 radical (unpaired) electrons. The van der Waals surface area contributed by atoms with Gasteiger partial charge < -0.3 is 9.64 Å². The zero-order valence-electron chi connectivity index (χ0n) is 15.5. The highest BCUT2D eigenvalue weighted by Gasteiger charge is 2.43. The Hall–Kier alpha value is -1.73. The fourth-order valence-corrected chi connectivity index (χ4v) is 4.09. The summed E-state index contributed by atoms with van der Waals surface area (Å²) in [5, 5.41) is 9.02. The number of halogens is 1. The fourth-order valence-electron chi connectivity index (χ4n) is 3.96. The Morgan fingerprint density at radius 3 is 2.81 bits per heavy atom. The van der Waals surface area contributed by atoms with E-state index in [0.29, 0.717) is 12.1 Å². The number of ether oxygens (including phenoxy) is 1. The van der Waals surface area contributed by atoms with E-state index >= 15 is 0 Å². The summed E-state index contributed by atoms with van der Waals surface area (Å²) in [7, 11) is 0. The van der Waals surface area contributed by atoms with E-state index in [1.54, 1.807) is 6.20 Å². The topological polar surface area (TPSA) is 69.0 Å². The summed E-state index contributed by atoms with van der Waals surface area (Å²) in [6.07, 6.45) is 7.34. The molecule has 0 saturated heterocycles. The Morgan fingerprint density at radius 2 is 2.08 bits per heavy atom. The molecular weight excluding hydrogens is 352 g/mol. The second kappa shape index (κ2) is 7.12. The van der Waals surface area contributed by atoms with Crippen LogP contribution in [0.15, 0.2) is 6.20 Å². The average molecular weight is 377 g/mol. The summed E-state index contributed by atoms with van der Waals surface area (Å²) in [5.74, 6) is 2.68. The molecule has 0 amide bonds. The zero-order chi connectivity index (χ0) is 18.3. The van der Waals surface area contributed by atoms with E-state index in [2.05, 4.69) is 43.5 Å². The van der Waals surface area contributed by atoms with Crippen molar-refractivity contribution in [2.45, 2.75) is 71.1 Å². The second-order valence-corrected chi connectivity index (χ2v) is 7.43. The van der Waals surface area contributed by atoms with Gasteiger partial charge in [-0.15, -0.1) is 10.2 Å². The normalized spacial score (nSPS) is 24.2. The van der Waals surface area contributed by atoms with Crippen LogP contribution in [0.1, 0.15) is 63.6 Å². The molecule has 1 atom stereocenters. The number of fused-ring (bicyclic) bond motifs is 3. The molecule has 8 heteroatoms. The van der Waals surface area contributed by atoms with Gasteiger partial charge in [0.15, 0.2) is 11.6 Å². The lowest BCUT2D eigenvalue weighted by molar-refractivity contribution is -0.0133. The Balaban J connectivity index is 1.64. The average Bonchev–Trinajstić information content (AvgIpc) is 2.98. The molecule has 0 N–H and O–H groups in total. The van der Waals surface area contributed by atoms with Gasteiger partial charge in [-0.1, -0.05) is 20.3 Å². The molecule has 140 valence electrons. The number of unbranched alkanes of at least 4 members (excludes halogenated alkanes) is 1. The lowest BCUT2D eigenvalue weighted by Crippen LogP contribution is -2.52. The molecule has 2 aliphatic rings. The van der Waals surface area contributed by atoms with Gasteiger partial charge in [0.1, 0.15) is 11.5 Å². The molecular formula is C18H25ClN6O. The van der Waals surface area contributed by atoms with Crippen LogP contribution in [0.5, 0.6) is 0 Å². The van der Waals surface area contributed by atoms with E-state index in [1.807, 2.05) is 6.92 Å². The minimum absolute atomic E-state index is 0.135. The number of anilines is 1. The predicted molar refractivity (Wildman–Crippen MR) is 99.9 cm³/mol. The van der Waals surface area contributed by atoms with E-state index in [1.165, 1.54) is 0 Å². The molecule has 1 saturated carbocycles. The van der Waals surface area contributed by atoms with E-state index < -0.39 is 0 Å². The molecule has 3 heterocycles. The Morgan fingerprint density at radius 1 is 1.27 bits per heavy atom. The van der Waals surface area contributed by atoms with Crippen molar-refractivity contribution in [3.63, 3.8) is 0 Å². The summed E-state index contributed by atoms with van der Waals surface area (Å²) in [5.41, 5.74) is 0.909. The molecule has 1 aliphatic carbocycles. The van der Waals surface area contributed by atoms with Crippen LogP contribution in [0.25, 0.3) is 5.69 Å². The third-order valence-corrected chi connectivity index (χ3v) is 5.57. The van der Waals surface area contributed by atoms with Crippen LogP contribution < -0.4 is 4.90 Å². The van der Waals surface area contributed by atoms with Crippen molar-refractivity contribution in [2.24, 2.45) is 0 Å². The van der Waals surface area contributed by atoms with Crippen LogP contribution in [-0.2, 0) is 4.74 Å². The maximum atomic E-state index is 6.14. The van der Waals surface area contributed by atoms with Crippen LogP contribution in [0, 0.1) is 6.92 Å². The van der Waals surface area contributed by atoms with Gasteiger partial charge in [-0.25, -0.2) is 4.98 Å². The van der Waals surface area contributed by atoms with Crippen molar-refractivity contribution in [1.29, 1.82) is 0 Å². The van der Waals surface area contributed by atoms with Crippen LogP contribution in [-0.4, -0.2) is 43.5 Å². The summed E-state index contributed by atoms with van der Waals surface area (Å²) in [4.78, 5) is 11.1. The minimum Gasteiger partial charge on any atom is -0.378 e. The Labute approximate surface area is 158 Å². The molecule has 1 fully saturated rings. The van der Waals surface area contributed by atoms with Crippen molar-refractivity contribution < 1.29 is 4.74 Å². The first-order valence-corrected chi connectivity index (χ1v) is 9.86. The van der Waals surface area contributed by atoms with Gasteiger partial charge >= 0.3 is 0 Å². The highest BCUT2D eigenvalue weighted by molar-refractivity contribution is 6.28. The third kappa shape index (κ3) is 2.87. The molecule has 0 bridgehead atoms. The van der Waals surface area contributed by atoms with Gasteiger partial charge in [0.2, 0.25) is 5.28 Å².